The third kappa shape index (κ3) is 3.65. The number of aryl methyl sites for hydroxylation is 2. The molecule has 8 heteroatoms. The van der Waals surface area contributed by atoms with E-state index in [4.69, 9.17) is 0 Å². The molecule has 0 spiro atoms. The SMILES string of the molecule is Cc1cccc(C)c1-n1nnnc1[C@@H]1CC[C@@H](CO)N1Cc1ccc(F)cc1F. The molecule has 0 unspecified atom stereocenters. The topological polar surface area (TPSA) is 67.1 Å². The predicted molar refractivity (Wildman–Crippen MR) is 103 cm³/mol. The zero-order valence-corrected chi connectivity index (χ0v) is 16.4. The van der Waals surface area contributed by atoms with Gasteiger partial charge in [-0.05, 0) is 54.3 Å². The quantitative estimate of drug-likeness (QED) is 0.713. The van der Waals surface area contributed by atoms with Crippen LogP contribution in [0.1, 0.15) is 41.4 Å². The number of benzene rings is 2. The minimum Gasteiger partial charge on any atom is -0.395 e. The summed E-state index contributed by atoms with van der Waals surface area (Å²) in [5.74, 6) is -0.551. The van der Waals surface area contributed by atoms with Crippen LogP contribution >= 0.6 is 0 Å². The third-order valence-electron chi connectivity index (χ3n) is 5.66. The highest BCUT2D eigenvalue weighted by Crippen LogP contribution is 2.37. The summed E-state index contributed by atoms with van der Waals surface area (Å²) in [5.41, 5.74) is 3.40. The van der Waals surface area contributed by atoms with E-state index in [0.29, 0.717) is 11.4 Å². The summed E-state index contributed by atoms with van der Waals surface area (Å²) >= 11 is 0. The third-order valence-corrected chi connectivity index (χ3v) is 5.66. The zero-order valence-electron chi connectivity index (χ0n) is 16.4. The van der Waals surface area contributed by atoms with Gasteiger partial charge in [0.2, 0.25) is 0 Å². The van der Waals surface area contributed by atoms with Gasteiger partial charge in [0, 0.05) is 24.2 Å². The van der Waals surface area contributed by atoms with Crippen LogP contribution in [0.3, 0.4) is 0 Å². The Labute approximate surface area is 167 Å². The van der Waals surface area contributed by atoms with Gasteiger partial charge in [-0.1, -0.05) is 24.3 Å². The van der Waals surface area contributed by atoms with Crippen LogP contribution in [-0.4, -0.2) is 42.9 Å². The number of rotatable bonds is 5. The molecule has 2 heterocycles. The van der Waals surface area contributed by atoms with Gasteiger partial charge in [0.05, 0.1) is 18.3 Å². The number of aliphatic hydroxyl groups is 1. The first-order valence-electron chi connectivity index (χ1n) is 9.65. The molecule has 1 N–H and O–H groups in total. The Hall–Kier alpha value is -2.71. The Kier molecular flexibility index (Phi) is 5.38. The van der Waals surface area contributed by atoms with Crippen molar-refractivity contribution in [2.45, 2.75) is 45.3 Å². The molecule has 1 aliphatic heterocycles. The van der Waals surface area contributed by atoms with E-state index in [0.717, 1.165) is 35.7 Å². The summed E-state index contributed by atoms with van der Waals surface area (Å²) in [6.45, 7) is 4.20. The predicted octanol–water partition coefficient (Wildman–Crippen LogP) is 3.26. The number of tetrazole rings is 1. The minimum atomic E-state index is -0.609. The maximum Gasteiger partial charge on any atom is 0.173 e. The van der Waals surface area contributed by atoms with Crippen LogP contribution in [0, 0.1) is 25.5 Å². The standard InChI is InChI=1S/C21H23F2N5O/c1-13-4-3-5-14(2)20(13)28-21(24-25-26-28)19-9-8-17(12-29)27(19)11-15-6-7-16(22)10-18(15)23/h3-7,10,17,19,29H,8-9,11-12H2,1-2H3/t17-,19-/m0/s1. The lowest BCUT2D eigenvalue weighted by molar-refractivity contribution is 0.117. The van der Waals surface area contributed by atoms with Crippen molar-refractivity contribution >= 4 is 0 Å². The van der Waals surface area contributed by atoms with Crippen molar-refractivity contribution in [3.63, 3.8) is 0 Å². The maximum absolute atomic E-state index is 14.3. The van der Waals surface area contributed by atoms with Crippen molar-refractivity contribution in [1.29, 1.82) is 0 Å². The van der Waals surface area contributed by atoms with Crippen molar-refractivity contribution in [2.75, 3.05) is 6.61 Å². The van der Waals surface area contributed by atoms with Crippen LogP contribution in [0.25, 0.3) is 5.69 Å². The highest BCUT2D eigenvalue weighted by molar-refractivity contribution is 5.46. The van der Waals surface area contributed by atoms with Crippen molar-refractivity contribution in [2.24, 2.45) is 0 Å². The lowest BCUT2D eigenvalue weighted by Crippen LogP contribution is -2.35. The normalized spacial score (nSPS) is 19.8. The summed E-state index contributed by atoms with van der Waals surface area (Å²) in [4.78, 5) is 2.01. The first kappa shape index (κ1) is 19.6. The second-order valence-electron chi connectivity index (χ2n) is 7.53. The van der Waals surface area contributed by atoms with Gasteiger partial charge in [-0.15, -0.1) is 5.10 Å². The summed E-state index contributed by atoms with van der Waals surface area (Å²) < 4.78 is 29.3. The molecule has 152 valence electrons. The molecule has 1 aromatic heterocycles. The molecule has 3 aromatic rings. The average Bonchev–Trinajstić information content (AvgIpc) is 3.30. The van der Waals surface area contributed by atoms with Crippen molar-refractivity contribution in [1.82, 2.24) is 25.1 Å². The molecule has 0 radical (unpaired) electrons. The van der Waals surface area contributed by atoms with E-state index in [1.54, 1.807) is 4.68 Å². The number of para-hydroxylation sites is 1. The first-order valence-corrected chi connectivity index (χ1v) is 9.65. The van der Waals surface area contributed by atoms with E-state index in [9.17, 15) is 13.9 Å². The summed E-state index contributed by atoms with van der Waals surface area (Å²) in [6.07, 6.45) is 1.48. The van der Waals surface area contributed by atoms with Crippen LogP contribution in [0.2, 0.25) is 0 Å². The molecule has 0 amide bonds. The van der Waals surface area contributed by atoms with Gasteiger partial charge in [-0.2, -0.15) is 4.68 Å². The number of hydrogen-bond acceptors (Lipinski definition) is 5. The van der Waals surface area contributed by atoms with E-state index in [-0.39, 0.29) is 25.2 Å². The Balaban J connectivity index is 1.72. The molecule has 0 saturated carbocycles. The highest BCUT2D eigenvalue weighted by atomic mass is 19.1. The molecular weight excluding hydrogens is 376 g/mol. The van der Waals surface area contributed by atoms with Gasteiger partial charge in [-0.25, -0.2) is 8.78 Å². The van der Waals surface area contributed by atoms with Crippen molar-refractivity contribution in [3.05, 3.63) is 70.5 Å². The van der Waals surface area contributed by atoms with Gasteiger partial charge in [-0.3, -0.25) is 4.90 Å². The monoisotopic (exact) mass is 399 g/mol. The molecular formula is C21H23F2N5O. The second-order valence-corrected chi connectivity index (χ2v) is 7.53. The zero-order chi connectivity index (χ0) is 20.5. The number of hydrogen-bond donors (Lipinski definition) is 1. The second kappa shape index (κ2) is 7.96. The smallest absolute Gasteiger partial charge is 0.173 e. The molecule has 29 heavy (non-hydrogen) atoms. The largest absolute Gasteiger partial charge is 0.395 e. The molecule has 2 atom stereocenters. The van der Waals surface area contributed by atoms with Crippen molar-refractivity contribution < 1.29 is 13.9 Å². The lowest BCUT2D eigenvalue weighted by Gasteiger charge is -2.29. The number of aliphatic hydroxyl groups excluding tert-OH is 1. The first-order chi connectivity index (χ1) is 14.0. The number of halogens is 2. The summed E-state index contributed by atoms with van der Waals surface area (Å²) in [5, 5.41) is 22.3. The van der Waals surface area contributed by atoms with E-state index in [1.165, 1.54) is 12.1 Å². The lowest BCUT2D eigenvalue weighted by atomic mass is 10.1. The Morgan fingerprint density at radius 1 is 1.10 bits per heavy atom. The molecule has 0 aliphatic carbocycles. The Morgan fingerprint density at radius 2 is 1.86 bits per heavy atom. The number of likely N-dealkylation sites (tertiary alicyclic amines) is 1. The maximum atomic E-state index is 14.3. The van der Waals surface area contributed by atoms with Crippen LogP contribution in [0.4, 0.5) is 8.78 Å². The van der Waals surface area contributed by atoms with Crippen LogP contribution in [-0.2, 0) is 6.54 Å². The van der Waals surface area contributed by atoms with E-state index in [2.05, 4.69) is 15.5 Å². The minimum absolute atomic E-state index is 0.0513. The molecule has 0 bridgehead atoms. The molecule has 1 saturated heterocycles. The van der Waals surface area contributed by atoms with E-state index >= 15 is 0 Å². The van der Waals surface area contributed by atoms with Gasteiger partial charge in [0.1, 0.15) is 11.6 Å². The van der Waals surface area contributed by atoms with Crippen LogP contribution < -0.4 is 0 Å². The highest BCUT2D eigenvalue weighted by Gasteiger charge is 2.38. The molecule has 1 aliphatic rings. The van der Waals surface area contributed by atoms with Gasteiger partial charge in [0.25, 0.3) is 0 Å². The molecule has 1 fully saturated rings. The van der Waals surface area contributed by atoms with E-state index < -0.39 is 11.6 Å². The van der Waals surface area contributed by atoms with Gasteiger partial charge < -0.3 is 5.11 Å². The van der Waals surface area contributed by atoms with Crippen LogP contribution in [0.5, 0.6) is 0 Å². The fraction of sp³-hybridized carbons (Fsp3) is 0.381. The average molecular weight is 399 g/mol. The number of aromatic nitrogens is 4. The Bertz CT molecular complexity index is 1000. The number of nitrogens with zero attached hydrogens (tertiary/aromatic N) is 5. The Morgan fingerprint density at radius 3 is 2.55 bits per heavy atom. The fourth-order valence-electron chi connectivity index (χ4n) is 4.20. The summed E-state index contributed by atoms with van der Waals surface area (Å²) in [6, 6.07) is 9.24. The molecule has 2 aromatic carbocycles. The van der Waals surface area contributed by atoms with Crippen molar-refractivity contribution in [3.8, 4) is 5.69 Å². The van der Waals surface area contributed by atoms with Gasteiger partial charge >= 0.3 is 0 Å². The molecule has 6 nitrogen and oxygen atoms in total. The molecule has 4 rings (SSSR count). The fourth-order valence-corrected chi connectivity index (χ4v) is 4.20. The van der Waals surface area contributed by atoms with E-state index in [1.807, 2.05) is 36.9 Å². The van der Waals surface area contributed by atoms with Crippen LogP contribution in [0.15, 0.2) is 36.4 Å². The summed E-state index contributed by atoms with van der Waals surface area (Å²) in [7, 11) is 0. The van der Waals surface area contributed by atoms with Gasteiger partial charge in [0.15, 0.2) is 5.82 Å².